The molecule has 0 aliphatic carbocycles. The van der Waals surface area contributed by atoms with Crippen molar-refractivity contribution in [2.75, 3.05) is 27.2 Å². The molecule has 6 heteroatoms. The molecule has 28 heavy (non-hydrogen) atoms. The summed E-state index contributed by atoms with van der Waals surface area (Å²) in [6.07, 6.45) is 0. The number of nitrogens with zero attached hydrogens (tertiary/aromatic N) is 2. The Morgan fingerprint density at radius 2 is 1.86 bits per heavy atom. The van der Waals surface area contributed by atoms with Crippen LogP contribution >= 0.6 is 0 Å². The molecule has 2 heterocycles. The number of aliphatic hydroxyl groups is 1. The van der Waals surface area contributed by atoms with E-state index in [2.05, 4.69) is 0 Å². The largest absolute Gasteiger partial charge is 0.507 e. The molecule has 0 spiro atoms. The second kappa shape index (κ2) is 7.64. The van der Waals surface area contributed by atoms with Gasteiger partial charge in [0.1, 0.15) is 23.3 Å². The number of aliphatic hydroxyl groups excluding tert-OH is 1. The number of aryl methyl sites for hydroxylation is 3. The summed E-state index contributed by atoms with van der Waals surface area (Å²) in [6.45, 7) is 6.53. The van der Waals surface area contributed by atoms with Gasteiger partial charge in [-0.1, -0.05) is 17.7 Å². The first-order chi connectivity index (χ1) is 13.2. The first-order valence-electron chi connectivity index (χ1n) is 9.27. The van der Waals surface area contributed by atoms with E-state index in [1.54, 1.807) is 19.1 Å². The maximum atomic E-state index is 12.9. The average molecular weight is 382 g/mol. The zero-order valence-corrected chi connectivity index (χ0v) is 16.9. The van der Waals surface area contributed by atoms with E-state index < -0.39 is 17.7 Å². The Labute approximate surface area is 165 Å². The molecule has 1 aliphatic heterocycles. The number of likely N-dealkylation sites (tertiary alicyclic amines) is 1. The first kappa shape index (κ1) is 19.9. The van der Waals surface area contributed by atoms with E-state index in [1.807, 2.05) is 51.0 Å². The van der Waals surface area contributed by atoms with Crippen molar-refractivity contribution in [2.24, 2.45) is 0 Å². The summed E-state index contributed by atoms with van der Waals surface area (Å²) in [5.74, 6) is -0.308. The third-order valence-corrected chi connectivity index (χ3v) is 5.01. The number of carbonyl (C=O) groups excluding carboxylic acids is 2. The van der Waals surface area contributed by atoms with Crippen LogP contribution in [0.5, 0.6) is 0 Å². The van der Waals surface area contributed by atoms with Gasteiger partial charge in [-0.25, -0.2) is 0 Å². The Kier molecular flexibility index (Phi) is 5.42. The lowest BCUT2D eigenvalue weighted by Gasteiger charge is -2.24. The monoisotopic (exact) mass is 382 g/mol. The Hall–Kier alpha value is -2.86. The number of amides is 1. The van der Waals surface area contributed by atoms with Gasteiger partial charge in [0.05, 0.1) is 5.57 Å². The van der Waals surface area contributed by atoms with Gasteiger partial charge < -0.3 is 19.3 Å². The van der Waals surface area contributed by atoms with Crippen molar-refractivity contribution >= 4 is 17.4 Å². The van der Waals surface area contributed by atoms with E-state index in [9.17, 15) is 14.7 Å². The molecule has 0 radical (unpaired) electrons. The molecule has 0 bridgehead atoms. The summed E-state index contributed by atoms with van der Waals surface area (Å²) in [4.78, 5) is 29.1. The highest BCUT2D eigenvalue weighted by molar-refractivity contribution is 6.46. The number of benzene rings is 1. The topological polar surface area (TPSA) is 74.0 Å². The van der Waals surface area contributed by atoms with Crippen molar-refractivity contribution in [1.82, 2.24) is 9.80 Å². The molecule has 1 aromatic heterocycles. The van der Waals surface area contributed by atoms with Gasteiger partial charge in [0.2, 0.25) is 0 Å². The van der Waals surface area contributed by atoms with E-state index in [4.69, 9.17) is 4.42 Å². The second-order valence-electron chi connectivity index (χ2n) is 7.56. The van der Waals surface area contributed by atoms with Gasteiger partial charge >= 0.3 is 0 Å². The van der Waals surface area contributed by atoms with Crippen LogP contribution in [-0.4, -0.2) is 53.8 Å². The molecule has 148 valence electrons. The molecule has 1 N–H and O–H groups in total. The summed E-state index contributed by atoms with van der Waals surface area (Å²) in [6, 6.07) is 8.45. The molecule has 3 rings (SSSR count). The lowest BCUT2D eigenvalue weighted by molar-refractivity contribution is -0.140. The van der Waals surface area contributed by atoms with Crippen LogP contribution in [0.15, 0.2) is 40.3 Å². The molecule has 1 atom stereocenters. The van der Waals surface area contributed by atoms with Gasteiger partial charge in [-0.15, -0.1) is 0 Å². The summed E-state index contributed by atoms with van der Waals surface area (Å²) in [5.41, 5.74) is 2.42. The Morgan fingerprint density at radius 1 is 1.14 bits per heavy atom. The standard InChI is InChI=1S/C22H26N2O4/c1-13-6-7-14(2)16(12-13)20(25)18-19(17-9-8-15(3)28-17)24(11-10-23(4)5)22(27)21(18)26/h6-9,12,19,25H,10-11H2,1-5H3. The van der Waals surface area contributed by atoms with Crippen LogP contribution in [0.2, 0.25) is 0 Å². The van der Waals surface area contributed by atoms with E-state index in [-0.39, 0.29) is 11.3 Å². The number of carbonyl (C=O) groups is 2. The minimum atomic E-state index is -0.742. The molecule has 1 saturated heterocycles. The van der Waals surface area contributed by atoms with Crippen molar-refractivity contribution in [3.8, 4) is 0 Å². The number of hydrogen-bond donors (Lipinski definition) is 1. The molecule has 1 unspecified atom stereocenters. The highest BCUT2D eigenvalue weighted by Gasteiger charge is 2.47. The zero-order valence-electron chi connectivity index (χ0n) is 16.9. The van der Waals surface area contributed by atoms with Crippen LogP contribution in [0.3, 0.4) is 0 Å². The molecule has 1 fully saturated rings. The fourth-order valence-electron chi connectivity index (χ4n) is 3.45. The highest BCUT2D eigenvalue weighted by Crippen LogP contribution is 2.40. The molecule has 1 aliphatic rings. The quantitative estimate of drug-likeness (QED) is 0.488. The second-order valence-corrected chi connectivity index (χ2v) is 7.56. The van der Waals surface area contributed by atoms with Gasteiger partial charge in [-0.2, -0.15) is 0 Å². The zero-order chi connectivity index (χ0) is 20.6. The van der Waals surface area contributed by atoms with Crippen molar-refractivity contribution in [3.63, 3.8) is 0 Å². The summed E-state index contributed by atoms with van der Waals surface area (Å²) in [7, 11) is 3.80. The average Bonchev–Trinajstić information content (AvgIpc) is 3.16. The fourth-order valence-corrected chi connectivity index (χ4v) is 3.45. The van der Waals surface area contributed by atoms with E-state index in [0.717, 1.165) is 11.1 Å². The number of rotatable bonds is 5. The number of furan rings is 1. The van der Waals surface area contributed by atoms with Crippen LogP contribution < -0.4 is 0 Å². The maximum Gasteiger partial charge on any atom is 0.295 e. The van der Waals surface area contributed by atoms with Gasteiger partial charge in [0.15, 0.2) is 0 Å². The van der Waals surface area contributed by atoms with Crippen molar-refractivity contribution < 1.29 is 19.1 Å². The van der Waals surface area contributed by atoms with E-state index in [0.29, 0.717) is 30.2 Å². The number of hydrogen-bond acceptors (Lipinski definition) is 5. The molecule has 2 aromatic rings. The molecular weight excluding hydrogens is 356 g/mol. The molecule has 0 saturated carbocycles. The minimum Gasteiger partial charge on any atom is -0.507 e. The Bertz CT molecular complexity index is 955. The third-order valence-electron chi connectivity index (χ3n) is 5.01. The first-order valence-corrected chi connectivity index (χ1v) is 9.27. The van der Waals surface area contributed by atoms with Crippen LogP contribution in [0, 0.1) is 20.8 Å². The molecular formula is C22H26N2O4. The van der Waals surface area contributed by atoms with Crippen LogP contribution in [0.4, 0.5) is 0 Å². The predicted octanol–water partition coefficient (Wildman–Crippen LogP) is 3.19. The van der Waals surface area contributed by atoms with Gasteiger partial charge in [-0.3, -0.25) is 9.59 Å². The normalized spacial score (nSPS) is 19.1. The van der Waals surface area contributed by atoms with Crippen molar-refractivity contribution in [3.05, 3.63) is 64.1 Å². The summed E-state index contributed by atoms with van der Waals surface area (Å²) < 4.78 is 5.77. The predicted molar refractivity (Wildman–Crippen MR) is 107 cm³/mol. The Morgan fingerprint density at radius 3 is 2.46 bits per heavy atom. The number of ketones is 1. The van der Waals surface area contributed by atoms with Gasteiger partial charge in [0.25, 0.3) is 11.7 Å². The summed E-state index contributed by atoms with van der Waals surface area (Å²) in [5, 5.41) is 11.1. The molecule has 1 aromatic carbocycles. The molecule has 1 amide bonds. The van der Waals surface area contributed by atoms with Gasteiger partial charge in [-0.05, 0) is 58.6 Å². The maximum absolute atomic E-state index is 12.9. The SMILES string of the molecule is Cc1ccc(C)c(C(O)=C2C(=O)C(=O)N(CCN(C)C)C2c2ccc(C)o2)c1. The highest BCUT2D eigenvalue weighted by atomic mass is 16.3. The smallest absolute Gasteiger partial charge is 0.295 e. The molecule has 6 nitrogen and oxygen atoms in total. The lowest BCUT2D eigenvalue weighted by Crippen LogP contribution is -2.35. The fraction of sp³-hybridized carbons (Fsp3) is 0.364. The van der Waals surface area contributed by atoms with Crippen LogP contribution in [-0.2, 0) is 9.59 Å². The van der Waals surface area contributed by atoms with Crippen LogP contribution in [0.25, 0.3) is 5.76 Å². The van der Waals surface area contributed by atoms with E-state index >= 15 is 0 Å². The van der Waals surface area contributed by atoms with Crippen LogP contribution in [0.1, 0.15) is 34.3 Å². The number of likely N-dealkylation sites (N-methyl/N-ethyl adjacent to an activating group) is 1. The minimum absolute atomic E-state index is 0.0757. The lowest BCUT2D eigenvalue weighted by atomic mass is 9.96. The number of Topliss-reactive ketones (excluding diaryl/α,β-unsaturated/α-hetero) is 1. The van der Waals surface area contributed by atoms with E-state index in [1.165, 1.54) is 4.90 Å². The van der Waals surface area contributed by atoms with Crippen molar-refractivity contribution in [2.45, 2.75) is 26.8 Å². The van der Waals surface area contributed by atoms with Crippen molar-refractivity contribution in [1.29, 1.82) is 0 Å². The van der Waals surface area contributed by atoms with Gasteiger partial charge in [0, 0.05) is 18.7 Å². The summed E-state index contributed by atoms with van der Waals surface area (Å²) >= 11 is 0. The Balaban J connectivity index is 2.17. The third kappa shape index (κ3) is 3.60.